The molecule has 5 rings (SSSR count). The molecule has 0 amide bonds. The molecular formula is C28H38FN2O3+. The van der Waals surface area contributed by atoms with Crippen LogP contribution in [0.4, 0.5) is 4.39 Å². The number of carboxylic acids is 1. The monoisotopic (exact) mass is 469 g/mol. The molecule has 2 fully saturated rings. The Morgan fingerprint density at radius 2 is 1.82 bits per heavy atom. The van der Waals surface area contributed by atoms with Crippen LogP contribution in [-0.4, -0.2) is 54.1 Å². The fourth-order valence-corrected chi connectivity index (χ4v) is 4.22. The van der Waals surface area contributed by atoms with Crippen molar-refractivity contribution in [3.8, 4) is 5.75 Å². The van der Waals surface area contributed by atoms with Crippen molar-refractivity contribution in [2.75, 3.05) is 32.8 Å². The molecule has 5 nitrogen and oxygen atoms in total. The zero-order valence-electron chi connectivity index (χ0n) is 20.2. The Balaban J connectivity index is 0.000000163. The van der Waals surface area contributed by atoms with E-state index in [-0.39, 0.29) is 5.82 Å². The molecule has 2 unspecified atom stereocenters. The van der Waals surface area contributed by atoms with Gasteiger partial charge < -0.3 is 15.2 Å². The number of carbonyl (C=O) groups is 1. The number of hydrogen-bond acceptors (Lipinski definition) is 3. The minimum Gasteiger partial charge on any atom is -0.493 e. The summed E-state index contributed by atoms with van der Waals surface area (Å²) in [5.74, 6) is 0.274. The average Bonchev–Trinajstić information content (AvgIpc) is 3.56. The first-order valence-electron chi connectivity index (χ1n) is 12.5. The van der Waals surface area contributed by atoms with Crippen LogP contribution in [0.1, 0.15) is 56.9 Å². The number of piperidine rings is 1. The van der Waals surface area contributed by atoms with Gasteiger partial charge in [-0.15, -0.1) is 0 Å². The molecule has 2 aromatic carbocycles. The number of carboxylic acid groups (broad SMARTS) is 1. The van der Waals surface area contributed by atoms with Crippen LogP contribution < -0.4 is 10.1 Å². The molecule has 3 aliphatic rings. The largest absolute Gasteiger partial charge is 0.493 e. The maximum absolute atomic E-state index is 12.7. The van der Waals surface area contributed by atoms with Crippen LogP contribution in [0, 0.1) is 11.7 Å². The number of aliphatic carboxylic acids is 1. The smallest absolute Gasteiger partial charge is 0.310 e. The second kappa shape index (κ2) is 13.9. The highest BCUT2D eigenvalue weighted by Gasteiger charge is 2.46. The highest BCUT2D eigenvalue weighted by atomic mass is 19.1. The van der Waals surface area contributed by atoms with E-state index in [1.54, 1.807) is 24.8 Å². The molecular weight excluding hydrogens is 431 g/mol. The maximum Gasteiger partial charge on any atom is 0.310 e. The molecule has 2 aliphatic heterocycles. The van der Waals surface area contributed by atoms with E-state index in [9.17, 15) is 9.18 Å². The van der Waals surface area contributed by atoms with Crippen LogP contribution >= 0.6 is 0 Å². The van der Waals surface area contributed by atoms with E-state index >= 15 is 0 Å². The molecule has 0 radical (unpaired) electrons. The Hall–Kier alpha value is -2.73. The Kier molecular flexibility index (Phi) is 10.5. The number of hydrogen-bond donors (Lipinski definition) is 2. The SMILES string of the molecule is C1CCNCC1.CC(C(=O)O)c1ccccc1.Fc1ccc(OCCC[N+]2=C3CC3CC2)cc1. The minimum atomic E-state index is -0.781. The van der Waals surface area contributed by atoms with Gasteiger partial charge in [0.25, 0.3) is 0 Å². The van der Waals surface area contributed by atoms with Crippen molar-refractivity contribution >= 4 is 11.7 Å². The summed E-state index contributed by atoms with van der Waals surface area (Å²) >= 11 is 0. The van der Waals surface area contributed by atoms with Gasteiger partial charge in [0.2, 0.25) is 0 Å². The highest BCUT2D eigenvalue weighted by molar-refractivity contribution is 5.97. The van der Waals surface area contributed by atoms with Gasteiger partial charge in [0.05, 0.1) is 18.4 Å². The van der Waals surface area contributed by atoms with Crippen LogP contribution in [0.2, 0.25) is 0 Å². The molecule has 2 N–H and O–H groups in total. The van der Waals surface area contributed by atoms with Gasteiger partial charge in [0, 0.05) is 19.3 Å². The summed E-state index contributed by atoms with van der Waals surface area (Å²) in [5.41, 5.74) is 2.51. The first kappa shape index (κ1) is 25.9. The predicted octanol–water partition coefficient (Wildman–Crippen LogP) is 5.11. The quantitative estimate of drug-likeness (QED) is 0.437. The number of fused-ring (bicyclic) bond motifs is 1. The van der Waals surface area contributed by atoms with E-state index < -0.39 is 11.9 Å². The van der Waals surface area contributed by atoms with Crippen LogP contribution in [-0.2, 0) is 4.79 Å². The van der Waals surface area contributed by atoms with Crippen molar-refractivity contribution in [3.05, 3.63) is 66.0 Å². The molecule has 6 heteroatoms. The van der Waals surface area contributed by atoms with E-state index in [0.717, 1.165) is 30.2 Å². The molecule has 2 aromatic rings. The maximum atomic E-state index is 12.7. The number of benzene rings is 2. The number of nitrogens with one attached hydrogen (secondary N) is 1. The lowest BCUT2D eigenvalue weighted by molar-refractivity contribution is -0.521. The zero-order chi connectivity index (χ0) is 24.2. The van der Waals surface area contributed by atoms with E-state index in [0.29, 0.717) is 6.61 Å². The summed E-state index contributed by atoms with van der Waals surface area (Å²) in [7, 11) is 0. The Morgan fingerprint density at radius 3 is 2.32 bits per heavy atom. The second-order valence-electron chi connectivity index (χ2n) is 9.11. The average molecular weight is 470 g/mol. The summed E-state index contributed by atoms with van der Waals surface area (Å²) < 4.78 is 20.7. The van der Waals surface area contributed by atoms with E-state index in [2.05, 4.69) is 9.89 Å². The summed E-state index contributed by atoms with van der Waals surface area (Å²) in [5, 5.41) is 11.9. The second-order valence-corrected chi connectivity index (χ2v) is 9.11. The van der Waals surface area contributed by atoms with Gasteiger partial charge in [-0.05, 0) is 62.7 Å². The summed E-state index contributed by atoms with van der Waals surface area (Å²) in [6, 6.07) is 15.4. The highest BCUT2D eigenvalue weighted by Crippen LogP contribution is 2.34. The lowest BCUT2D eigenvalue weighted by atomic mass is 10.0. The van der Waals surface area contributed by atoms with E-state index in [4.69, 9.17) is 9.84 Å². The first-order chi connectivity index (χ1) is 16.5. The Morgan fingerprint density at radius 1 is 1.12 bits per heavy atom. The third-order valence-corrected chi connectivity index (χ3v) is 6.45. The lowest BCUT2D eigenvalue weighted by Crippen LogP contribution is -2.21. The predicted molar refractivity (Wildman–Crippen MR) is 133 cm³/mol. The molecule has 2 heterocycles. The summed E-state index contributed by atoms with van der Waals surface area (Å²) in [6.07, 6.45) is 7.94. The molecule has 0 aromatic heterocycles. The fourth-order valence-electron chi connectivity index (χ4n) is 4.22. The summed E-state index contributed by atoms with van der Waals surface area (Å²) in [4.78, 5) is 10.5. The molecule has 34 heavy (non-hydrogen) atoms. The lowest BCUT2D eigenvalue weighted by Gasteiger charge is -2.08. The first-order valence-corrected chi connectivity index (χ1v) is 12.5. The van der Waals surface area contributed by atoms with Gasteiger partial charge in [0.1, 0.15) is 24.7 Å². The van der Waals surface area contributed by atoms with Gasteiger partial charge in [0.15, 0.2) is 5.71 Å². The third kappa shape index (κ3) is 8.90. The van der Waals surface area contributed by atoms with Crippen LogP contribution in [0.25, 0.3) is 0 Å². The molecule has 0 bridgehead atoms. The normalized spacial score (nSPS) is 19.1. The standard InChI is InChI=1S/C14H17FNO.C9H10O2.C5H11N/c15-12-2-4-13(5-3-12)17-9-1-7-16-8-6-11-10-14(11)16;1-7(9(10)11)8-5-3-2-4-6-8;1-2-4-6-5-3-1/h2-5,11H,1,6-10H2;2-7H,1H3,(H,10,11);6H,1-5H2/q+1;;. The van der Waals surface area contributed by atoms with Crippen molar-refractivity contribution in [2.24, 2.45) is 5.92 Å². The number of halogens is 1. The summed E-state index contributed by atoms with van der Waals surface area (Å²) in [6.45, 7) is 7.22. The third-order valence-electron chi connectivity index (χ3n) is 6.45. The number of rotatable bonds is 7. The van der Waals surface area contributed by atoms with Gasteiger partial charge >= 0.3 is 5.97 Å². The topological polar surface area (TPSA) is 61.6 Å². The molecule has 1 saturated heterocycles. The molecule has 2 atom stereocenters. The molecule has 0 spiro atoms. The van der Waals surface area contributed by atoms with E-state index in [1.165, 1.54) is 63.9 Å². The number of ether oxygens (including phenoxy) is 1. The van der Waals surface area contributed by atoms with Gasteiger partial charge in [-0.3, -0.25) is 4.79 Å². The van der Waals surface area contributed by atoms with Crippen molar-refractivity contribution in [2.45, 2.75) is 51.4 Å². The minimum absolute atomic E-state index is 0.217. The van der Waals surface area contributed by atoms with Crippen LogP contribution in [0.5, 0.6) is 5.75 Å². The molecule has 184 valence electrons. The van der Waals surface area contributed by atoms with Crippen molar-refractivity contribution in [1.82, 2.24) is 5.32 Å². The van der Waals surface area contributed by atoms with Crippen molar-refractivity contribution in [3.63, 3.8) is 0 Å². The van der Waals surface area contributed by atoms with Crippen LogP contribution in [0.15, 0.2) is 54.6 Å². The van der Waals surface area contributed by atoms with E-state index in [1.807, 2.05) is 30.3 Å². The van der Waals surface area contributed by atoms with Crippen LogP contribution in [0.3, 0.4) is 0 Å². The number of nitrogens with zero attached hydrogens (tertiary/aromatic N) is 1. The molecule has 1 saturated carbocycles. The van der Waals surface area contributed by atoms with Gasteiger partial charge in [-0.25, -0.2) is 8.97 Å². The van der Waals surface area contributed by atoms with Crippen molar-refractivity contribution < 1.29 is 23.6 Å². The molecule has 1 aliphatic carbocycles. The Bertz CT molecular complexity index is 899. The van der Waals surface area contributed by atoms with Gasteiger partial charge in [-0.1, -0.05) is 36.8 Å². The zero-order valence-corrected chi connectivity index (χ0v) is 20.2. The Labute approximate surface area is 202 Å². The van der Waals surface area contributed by atoms with Crippen molar-refractivity contribution in [1.29, 1.82) is 0 Å². The fraction of sp³-hybridized carbons (Fsp3) is 0.500. The van der Waals surface area contributed by atoms with Gasteiger partial charge in [-0.2, -0.15) is 0 Å².